The molecule has 0 bridgehead atoms. The molecular weight excluding hydrogens is 346 g/mol. The molecule has 5 nitrogen and oxygen atoms in total. The van der Waals surface area contributed by atoms with Crippen molar-refractivity contribution in [2.75, 3.05) is 38.5 Å². The molecule has 2 aliphatic rings. The molecule has 6 heteroatoms. The van der Waals surface area contributed by atoms with E-state index in [0.717, 1.165) is 38.9 Å². The van der Waals surface area contributed by atoms with Crippen LogP contribution in [0.1, 0.15) is 38.2 Å². The van der Waals surface area contributed by atoms with Gasteiger partial charge in [-0.25, -0.2) is 12.7 Å². The van der Waals surface area contributed by atoms with Gasteiger partial charge in [0.2, 0.25) is 10.0 Å². The van der Waals surface area contributed by atoms with Crippen LogP contribution < -0.4 is 5.32 Å². The number of rotatable bonds is 7. The fraction of sp³-hybridized carbons (Fsp3) is 0.700. The topological polar surface area (TPSA) is 52.7 Å². The second-order valence-corrected chi connectivity index (χ2v) is 9.85. The minimum Gasteiger partial charge on any atom is -0.311 e. The lowest BCUT2D eigenvalue weighted by atomic mass is 10.00. The Morgan fingerprint density at radius 3 is 2.12 bits per heavy atom. The Morgan fingerprint density at radius 1 is 0.962 bits per heavy atom. The van der Waals surface area contributed by atoms with Crippen LogP contribution in [0.4, 0.5) is 0 Å². The number of hydrogen-bond donors (Lipinski definition) is 1. The molecule has 0 spiro atoms. The first-order chi connectivity index (χ1) is 12.6. The van der Waals surface area contributed by atoms with Gasteiger partial charge in [0, 0.05) is 31.7 Å². The largest absolute Gasteiger partial charge is 0.311 e. The van der Waals surface area contributed by atoms with E-state index in [1.807, 2.05) is 0 Å². The second-order valence-electron chi connectivity index (χ2n) is 7.59. The molecule has 0 saturated carbocycles. The molecule has 2 aliphatic heterocycles. The van der Waals surface area contributed by atoms with E-state index in [4.69, 9.17) is 0 Å². The van der Waals surface area contributed by atoms with Gasteiger partial charge in [0.15, 0.2) is 0 Å². The lowest BCUT2D eigenvalue weighted by molar-refractivity contribution is 0.180. The van der Waals surface area contributed by atoms with Gasteiger partial charge in [-0.2, -0.15) is 0 Å². The van der Waals surface area contributed by atoms with Crippen LogP contribution in [0.2, 0.25) is 0 Å². The molecule has 146 valence electrons. The zero-order chi connectivity index (χ0) is 18.4. The van der Waals surface area contributed by atoms with Crippen LogP contribution >= 0.6 is 0 Å². The van der Waals surface area contributed by atoms with Crippen molar-refractivity contribution in [2.24, 2.45) is 0 Å². The normalized spacial score (nSPS) is 21.9. The molecule has 2 fully saturated rings. The standard InChI is InChI=1S/C20H33N3O2S/c1-2-26(24,25)23-16-11-20(12-17-23)21-19-9-14-22(15-10-19)13-8-18-6-4-3-5-7-18/h3-7,19-21H,2,8-17H2,1H3. The van der Waals surface area contributed by atoms with E-state index < -0.39 is 10.0 Å². The van der Waals surface area contributed by atoms with Crippen LogP contribution in [0.5, 0.6) is 0 Å². The van der Waals surface area contributed by atoms with Gasteiger partial charge in [-0.1, -0.05) is 30.3 Å². The monoisotopic (exact) mass is 379 g/mol. The first-order valence-corrected chi connectivity index (χ1v) is 11.7. The molecule has 0 amide bonds. The fourth-order valence-electron chi connectivity index (χ4n) is 4.07. The number of piperidine rings is 2. The number of sulfonamides is 1. The molecule has 1 N–H and O–H groups in total. The van der Waals surface area contributed by atoms with Gasteiger partial charge in [-0.15, -0.1) is 0 Å². The summed E-state index contributed by atoms with van der Waals surface area (Å²) in [6.07, 6.45) is 5.40. The molecule has 1 aromatic rings. The minimum atomic E-state index is -3.02. The van der Waals surface area contributed by atoms with Crippen LogP contribution in [0.3, 0.4) is 0 Å². The molecule has 26 heavy (non-hydrogen) atoms. The number of likely N-dealkylation sites (tertiary alicyclic amines) is 1. The highest BCUT2D eigenvalue weighted by atomic mass is 32.2. The molecule has 0 aromatic heterocycles. The third kappa shape index (κ3) is 5.52. The van der Waals surface area contributed by atoms with Gasteiger partial charge < -0.3 is 10.2 Å². The third-order valence-corrected chi connectivity index (χ3v) is 7.71. The Kier molecular flexibility index (Phi) is 7.09. The van der Waals surface area contributed by atoms with Crippen molar-refractivity contribution >= 4 is 10.0 Å². The highest BCUT2D eigenvalue weighted by Gasteiger charge is 2.28. The minimum absolute atomic E-state index is 0.215. The summed E-state index contributed by atoms with van der Waals surface area (Å²) in [5.74, 6) is 0.215. The van der Waals surface area contributed by atoms with Crippen molar-refractivity contribution in [1.29, 1.82) is 0 Å². The summed E-state index contributed by atoms with van der Waals surface area (Å²) < 4.78 is 25.6. The quantitative estimate of drug-likeness (QED) is 0.788. The predicted molar refractivity (Wildman–Crippen MR) is 107 cm³/mol. The first-order valence-electron chi connectivity index (χ1n) is 10.1. The van der Waals surface area contributed by atoms with Gasteiger partial charge in [0.1, 0.15) is 0 Å². The zero-order valence-electron chi connectivity index (χ0n) is 15.9. The smallest absolute Gasteiger partial charge is 0.213 e. The van der Waals surface area contributed by atoms with Gasteiger partial charge >= 0.3 is 0 Å². The van der Waals surface area contributed by atoms with Gasteiger partial charge in [0.25, 0.3) is 0 Å². The Morgan fingerprint density at radius 2 is 1.54 bits per heavy atom. The highest BCUT2D eigenvalue weighted by Crippen LogP contribution is 2.18. The van der Waals surface area contributed by atoms with Crippen molar-refractivity contribution in [3.63, 3.8) is 0 Å². The summed E-state index contributed by atoms with van der Waals surface area (Å²) in [6, 6.07) is 11.8. The summed E-state index contributed by atoms with van der Waals surface area (Å²) in [6.45, 7) is 6.53. The molecule has 2 saturated heterocycles. The number of nitrogens with zero attached hydrogens (tertiary/aromatic N) is 2. The van der Waals surface area contributed by atoms with Crippen LogP contribution in [0, 0.1) is 0 Å². The van der Waals surface area contributed by atoms with Crippen molar-refractivity contribution in [2.45, 2.75) is 51.1 Å². The lowest BCUT2D eigenvalue weighted by Gasteiger charge is -2.37. The van der Waals surface area contributed by atoms with E-state index >= 15 is 0 Å². The summed E-state index contributed by atoms with van der Waals surface area (Å²) in [5, 5.41) is 3.79. The molecule has 2 heterocycles. The Bertz CT molecular complexity index is 634. The van der Waals surface area contributed by atoms with Crippen LogP contribution in [-0.2, 0) is 16.4 Å². The zero-order valence-corrected chi connectivity index (χ0v) is 16.8. The summed E-state index contributed by atoms with van der Waals surface area (Å²) in [4.78, 5) is 2.57. The maximum Gasteiger partial charge on any atom is 0.213 e. The SMILES string of the molecule is CCS(=O)(=O)N1CCC(NC2CCN(CCc3ccccc3)CC2)CC1. The first kappa shape index (κ1) is 19.8. The Labute approximate surface area is 158 Å². The molecular formula is C20H33N3O2S. The average molecular weight is 380 g/mol. The Hall–Kier alpha value is -0.950. The van der Waals surface area contributed by atoms with Crippen LogP contribution in [-0.4, -0.2) is 68.2 Å². The molecule has 0 aliphatic carbocycles. The molecule has 0 unspecified atom stereocenters. The molecule has 1 aromatic carbocycles. The van der Waals surface area contributed by atoms with E-state index in [0.29, 0.717) is 25.2 Å². The van der Waals surface area contributed by atoms with E-state index in [-0.39, 0.29) is 5.75 Å². The predicted octanol–water partition coefficient (Wildman–Crippen LogP) is 2.10. The molecule has 3 rings (SSSR count). The van der Waals surface area contributed by atoms with E-state index in [1.54, 1.807) is 11.2 Å². The highest BCUT2D eigenvalue weighted by molar-refractivity contribution is 7.89. The van der Waals surface area contributed by atoms with Crippen molar-refractivity contribution in [1.82, 2.24) is 14.5 Å². The van der Waals surface area contributed by atoms with Crippen molar-refractivity contribution < 1.29 is 8.42 Å². The molecule has 0 radical (unpaired) electrons. The number of nitrogens with one attached hydrogen (secondary N) is 1. The van der Waals surface area contributed by atoms with Crippen molar-refractivity contribution in [3.05, 3.63) is 35.9 Å². The maximum atomic E-state index is 12.0. The van der Waals surface area contributed by atoms with Crippen LogP contribution in [0.15, 0.2) is 30.3 Å². The van der Waals surface area contributed by atoms with Crippen LogP contribution in [0.25, 0.3) is 0 Å². The third-order valence-electron chi connectivity index (χ3n) is 5.83. The van der Waals surface area contributed by atoms with Gasteiger partial charge in [-0.3, -0.25) is 0 Å². The average Bonchev–Trinajstić information content (AvgIpc) is 2.69. The fourth-order valence-corrected chi connectivity index (χ4v) is 5.20. The summed E-state index contributed by atoms with van der Waals surface area (Å²) in [5.41, 5.74) is 1.42. The lowest BCUT2D eigenvalue weighted by Crippen LogP contribution is -2.51. The van der Waals surface area contributed by atoms with Gasteiger partial charge in [0.05, 0.1) is 5.75 Å². The number of hydrogen-bond acceptors (Lipinski definition) is 4. The second kappa shape index (κ2) is 9.31. The Balaban J connectivity index is 1.34. The summed E-state index contributed by atoms with van der Waals surface area (Å²) in [7, 11) is -3.02. The van der Waals surface area contributed by atoms with E-state index in [2.05, 4.69) is 40.5 Å². The van der Waals surface area contributed by atoms with E-state index in [1.165, 1.54) is 18.4 Å². The molecule has 0 atom stereocenters. The number of benzene rings is 1. The van der Waals surface area contributed by atoms with Gasteiger partial charge in [-0.05, 0) is 57.7 Å². The summed E-state index contributed by atoms with van der Waals surface area (Å²) >= 11 is 0. The maximum absolute atomic E-state index is 12.0. The van der Waals surface area contributed by atoms with Crippen molar-refractivity contribution in [3.8, 4) is 0 Å². The van der Waals surface area contributed by atoms with E-state index in [9.17, 15) is 8.42 Å².